The van der Waals surface area contributed by atoms with Gasteiger partial charge in [-0.2, -0.15) is 0 Å². The van der Waals surface area contributed by atoms with Gasteiger partial charge < -0.3 is 14.8 Å². The summed E-state index contributed by atoms with van der Waals surface area (Å²) in [7, 11) is 3.06. The second kappa shape index (κ2) is 6.71. The van der Waals surface area contributed by atoms with Crippen molar-refractivity contribution in [2.75, 3.05) is 26.1 Å². The maximum atomic E-state index is 14.1. The molecular weight excluding hydrogens is 341 g/mol. The third kappa shape index (κ3) is 3.07. The van der Waals surface area contributed by atoms with Crippen molar-refractivity contribution in [1.82, 2.24) is 9.97 Å². The van der Waals surface area contributed by atoms with Crippen LogP contribution in [0.5, 0.6) is 11.5 Å². The average molecular weight is 356 g/mol. The molecule has 1 aromatic carbocycles. The van der Waals surface area contributed by atoms with Crippen LogP contribution in [0.2, 0.25) is 0 Å². The molecule has 112 valence electrons. The number of halogens is 2. The molecule has 0 radical (unpaired) electrons. The molecule has 0 aliphatic carbocycles. The van der Waals surface area contributed by atoms with E-state index in [9.17, 15) is 4.39 Å². The van der Waals surface area contributed by atoms with Gasteiger partial charge in [-0.05, 0) is 35.0 Å². The third-order valence-electron chi connectivity index (χ3n) is 2.82. The molecule has 0 aliphatic heterocycles. The van der Waals surface area contributed by atoms with Gasteiger partial charge in [0.1, 0.15) is 21.7 Å². The van der Waals surface area contributed by atoms with Gasteiger partial charge in [0, 0.05) is 12.1 Å². The van der Waals surface area contributed by atoms with Crippen LogP contribution >= 0.6 is 15.9 Å². The summed E-state index contributed by atoms with van der Waals surface area (Å²) in [5, 5.41) is 2.95. The Kier molecular flexibility index (Phi) is 4.95. The molecule has 0 unspecified atom stereocenters. The molecule has 0 atom stereocenters. The van der Waals surface area contributed by atoms with E-state index < -0.39 is 5.82 Å². The van der Waals surface area contributed by atoms with Gasteiger partial charge >= 0.3 is 0 Å². The van der Waals surface area contributed by atoms with Crippen LogP contribution in [0.3, 0.4) is 0 Å². The number of nitrogens with one attached hydrogen (secondary N) is 1. The lowest BCUT2D eigenvalue weighted by atomic mass is 10.1. The van der Waals surface area contributed by atoms with Crippen LogP contribution in [-0.4, -0.2) is 30.7 Å². The van der Waals surface area contributed by atoms with Gasteiger partial charge in [0.25, 0.3) is 0 Å². The summed E-state index contributed by atoms with van der Waals surface area (Å²) in [5.74, 6) is 0.890. The topological polar surface area (TPSA) is 56.3 Å². The molecule has 0 spiro atoms. The smallest absolute Gasteiger partial charge is 0.223 e. The number of anilines is 1. The van der Waals surface area contributed by atoms with Crippen molar-refractivity contribution in [1.29, 1.82) is 0 Å². The largest absolute Gasteiger partial charge is 0.495 e. The molecule has 1 aromatic heterocycles. The Morgan fingerprint density at radius 1 is 1.29 bits per heavy atom. The van der Waals surface area contributed by atoms with Crippen LogP contribution in [-0.2, 0) is 0 Å². The summed E-state index contributed by atoms with van der Waals surface area (Å²) in [6.45, 7) is 2.56. The first-order chi connectivity index (χ1) is 10.1. The molecule has 1 N–H and O–H groups in total. The Hall–Kier alpha value is -1.89. The van der Waals surface area contributed by atoms with Crippen molar-refractivity contribution in [2.24, 2.45) is 0 Å². The number of hydrogen-bond donors (Lipinski definition) is 1. The fourth-order valence-electron chi connectivity index (χ4n) is 1.88. The molecular formula is C14H15BrFN3O2. The summed E-state index contributed by atoms with van der Waals surface area (Å²) in [5.41, 5.74) is 0.686. The molecule has 5 nitrogen and oxygen atoms in total. The number of hydrogen-bond acceptors (Lipinski definition) is 5. The Labute approximate surface area is 130 Å². The van der Waals surface area contributed by atoms with Crippen LogP contribution in [0.1, 0.15) is 6.92 Å². The Morgan fingerprint density at radius 2 is 2.05 bits per heavy atom. The van der Waals surface area contributed by atoms with Gasteiger partial charge in [-0.15, -0.1) is 0 Å². The number of methoxy groups -OCH3 is 2. The molecule has 21 heavy (non-hydrogen) atoms. The predicted octanol–water partition coefficient (Wildman–Crippen LogP) is 3.49. The van der Waals surface area contributed by atoms with E-state index >= 15 is 0 Å². The Morgan fingerprint density at radius 3 is 2.67 bits per heavy atom. The normalized spacial score (nSPS) is 10.3. The fraction of sp³-hybridized carbons (Fsp3) is 0.286. The van der Waals surface area contributed by atoms with E-state index in [0.29, 0.717) is 34.0 Å². The monoisotopic (exact) mass is 355 g/mol. The first kappa shape index (κ1) is 15.5. The van der Waals surface area contributed by atoms with Gasteiger partial charge in [0.05, 0.1) is 20.4 Å². The van der Waals surface area contributed by atoms with Crippen LogP contribution in [0, 0.1) is 5.82 Å². The molecule has 0 saturated heterocycles. The zero-order valence-electron chi connectivity index (χ0n) is 11.9. The zero-order chi connectivity index (χ0) is 15.4. The number of nitrogens with zero attached hydrogens (tertiary/aromatic N) is 2. The number of rotatable bonds is 5. The first-order valence-corrected chi connectivity index (χ1v) is 7.08. The summed E-state index contributed by atoms with van der Waals surface area (Å²) in [4.78, 5) is 8.09. The molecule has 7 heteroatoms. The molecule has 0 bridgehead atoms. The number of aromatic nitrogens is 2. The highest BCUT2D eigenvalue weighted by Gasteiger charge is 2.18. The maximum Gasteiger partial charge on any atom is 0.223 e. The van der Waals surface area contributed by atoms with E-state index in [-0.39, 0.29) is 5.69 Å². The lowest BCUT2D eigenvalue weighted by Crippen LogP contribution is -2.04. The average Bonchev–Trinajstić information content (AvgIpc) is 2.49. The minimum absolute atomic E-state index is 0.168. The van der Waals surface area contributed by atoms with E-state index in [0.717, 1.165) is 6.20 Å². The second-order valence-electron chi connectivity index (χ2n) is 4.08. The van der Waals surface area contributed by atoms with Crippen molar-refractivity contribution >= 4 is 21.9 Å². The van der Waals surface area contributed by atoms with Gasteiger partial charge in [0.2, 0.25) is 5.95 Å². The summed E-state index contributed by atoms with van der Waals surface area (Å²) in [6, 6.07) is 3.42. The van der Waals surface area contributed by atoms with Gasteiger partial charge in [-0.1, -0.05) is 0 Å². The second-order valence-corrected chi connectivity index (χ2v) is 4.88. The number of ether oxygens (including phenoxy) is 2. The SMILES string of the molecule is CCNc1ncc(F)c(-c2ccc(OC)c(Br)c2OC)n1. The van der Waals surface area contributed by atoms with Crippen LogP contribution in [0.4, 0.5) is 10.3 Å². The Balaban J connectivity index is 2.61. The van der Waals surface area contributed by atoms with Crippen LogP contribution in [0.25, 0.3) is 11.3 Å². The van der Waals surface area contributed by atoms with E-state index in [4.69, 9.17) is 9.47 Å². The van der Waals surface area contributed by atoms with Crippen molar-refractivity contribution in [2.45, 2.75) is 6.92 Å². The lowest BCUT2D eigenvalue weighted by molar-refractivity contribution is 0.390. The van der Waals surface area contributed by atoms with Crippen molar-refractivity contribution in [3.8, 4) is 22.8 Å². The molecule has 1 heterocycles. The molecule has 0 fully saturated rings. The molecule has 2 aromatic rings. The maximum absolute atomic E-state index is 14.1. The predicted molar refractivity (Wildman–Crippen MR) is 82.4 cm³/mol. The van der Waals surface area contributed by atoms with Crippen molar-refractivity contribution < 1.29 is 13.9 Å². The quantitative estimate of drug-likeness (QED) is 0.889. The van der Waals surface area contributed by atoms with E-state index in [1.54, 1.807) is 19.2 Å². The van der Waals surface area contributed by atoms with Crippen LogP contribution in [0.15, 0.2) is 22.8 Å². The van der Waals surface area contributed by atoms with E-state index in [1.807, 2.05) is 6.92 Å². The third-order valence-corrected chi connectivity index (χ3v) is 3.57. The minimum Gasteiger partial charge on any atom is -0.495 e. The molecule has 0 amide bonds. The Bertz CT molecular complexity index is 652. The van der Waals surface area contributed by atoms with Crippen molar-refractivity contribution in [3.63, 3.8) is 0 Å². The molecule has 2 rings (SSSR count). The summed E-state index contributed by atoms with van der Waals surface area (Å²) >= 11 is 3.39. The van der Waals surface area contributed by atoms with Crippen LogP contribution < -0.4 is 14.8 Å². The fourth-order valence-corrected chi connectivity index (χ4v) is 2.55. The first-order valence-electron chi connectivity index (χ1n) is 6.29. The minimum atomic E-state index is -0.521. The standard InChI is InChI=1S/C14H15BrFN3O2/c1-4-17-14-18-7-9(16)12(19-14)8-5-6-10(20-2)11(15)13(8)21-3/h5-7H,4H2,1-3H3,(H,17,18,19). The highest BCUT2D eigenvalue weighted by Crippen LogP contribution is 2.42. The number of benzene rings is 1. The lowest BCUT2D eigenvalue weighted by Gasteiger charge is -2.14. The summed E-state index contributed by atoms with van der Waals surface area (Å²) < 4.78 is 25.2. The van der Waals surface area contributed by atoms with Gasteiger partial charge in [-0.25, -0.2) is 14.4 Å². The van der Waals surface area contributed by atoms with E-state index in [2.05, 4.69) is 31.2 Å². The molecule has 0 aliphatic rings. The van der Waals surface area contributed by atoms with E-state index in [1.165, 1.54) is 7.11 Å². The zero-order valence-corrected chi connectivity index (χ0v) is 13.5. The summed E-state index contributed by atoms with van der Waals surface area (Å²) in [6.07, 6.45) is 1.14. The highest BCUT2D eigenvalue weighted by atomic mass is 79.9. The van der Waals surface area contributed by atoms with Crippen molar-refractivity contribution in [3.05, 3.63) is 28.6 Å². The molecule has 0 saturated carbocycles. The highest BCUT2D eigenvalue weighted by molar-refractivity contribution is 9.10. The van der Waals surface area contributed by atoms with Gasteiger partial charge in [0.15, 0.2) is 5.82 Å². The van der Waals surface area contributed by atoms with Gasteiger partial charge in [-0.3, -0.25) is 0 Å².